The van der Waals surface area contributed by atoms with E-state index in [0.717, 1.165) is 0 Å². The monoisotopic (exact) mass is 217 g/mol. The highest BCUT2D eigenvalue weighted by Gasteiger charge is 2.31. The van der Waals surface area contributed by atoms with E-state index in [9.17, 15) is 9.59 Å². The van der Waals surface area contributed by atoms with Crippen molar-refractivity contribution in [2.45, 2.75) is 38.8 Å². The van der Waals surface area contributed by atoms with Crippen LogP contribution in [0.25, 0.3) is 0 Å². The molecule has 0 saturated heterocycles. The van der Waals surface area contributed by atoms with Crippen molar-refractivity contribution in [3.8, 4) is 0 Å². The summed E-state index contributed by atoms with van der Waals surface area (Å²) in [4.78, 5) is 22.9. The lowest BCUT2D eigenvalue weighted by molar-refractivity contribution is -0.149. The van der Waals surface area contributed by atoms with Crippen LogP contribution in [0.2, 0.25) is 0 Å². The van der Waals surface area contributed by atoms with Gasteiger partial charge in [-0.05, 0) is 20.8 Å². The van der Waals surface area contributed by atoms with E-state index in [0.29, 0.717) is 13.0 Å². The van der Waals surface area contributed by atoms with Crippen molar-refractivity contribution >= 4 is 12.4 Å². The molecule has 0 aliphatic heterocycles. The van der Waals surface area contributed by atoms with Gasteiger partial charge in [-0.1, -0.05) is 0 Å². The summed E-state index contributed by atoms with van der Waals surface area (Å²) in [6.07, 6.45) is 0.829. The Morgan fingerprint density at radius 3 is 2.40 bits per heavy atom. The number of aliphatic carboxylic acids is 1. The first-order chi connectivity index (χ1) is 6.87. The number of likely N-dealkylation sites (N-methyl/N-ethyl adjacent to an activating group) is 1. The third-order valence-electron chi connectivity index (χ3n) is 2.42. The Morgan fingerprint density at radius 2 is 2.13 bits per heavy atom. The predicted molar refractivity (Wildman–Crippen MR) is 55.6 cm³/mol. The molecule has 1 N–H and O–H groups in total. The summed E-state index contributed by atoms with van der Waals surface area (Å²) >= 11 is 0. The molecule has 0 bridgehead atoms. The number of methoxy groups -OCH3 is 1. The normalized spacial score (nSPS) is 13.3. The molecular formula is C10H19NO4. The van der Waals surface area contributed by atoms with E-state index in [2.05, 4.69) is 0 Å². The Labute approximate surface area is 90.0 Å². The number of nitrogens with zero attached hydrogens (tertiary/aromatic N) is 1. The average molecular weight is 217 g/mol. The van der Waals surface area contributed by atoms with Crippen LogP contribution in [0.1, 0.15) is 27.2 Å². The first kappa shape index (κ1) is 13.9. The van der Waals surface area contributed by atoms with Gasteiger partial charge in [-0.25, -0.2) is 4.79 Å². The van der Waals surface area contributed by atoms with Crippen molar-refractivity contribution < 1.29 is 19.4 Å². The molecular weight excluding hydrogens is 198 g/mol. The maximum atomic E-state index is 11.0. The van der Waals surface area contributed by atoms with E-state index in [1.807, 2.05) is 0 Å². The van der Waals surface area contributed by atoms with E-state index < -0.39 is 17.6 Å². The van der Waals surface area contributed by atoms with Gasteiger partial charge in [-0.3, -0.25) is 4.79 Å². The molecule has 88 valence electrons. The Bertz CT molecular complexity index is 227. The predicted octanol–water partition coefficient (Wildman–Crippen LogP) is 0.733. The molecule has 0 aromatic carbocycles. The van der Waals surface area contributed by atoms with E-state index >= 15 is 0 Å². The summed E-state index contributed by atoms with van der Waals surface area (Å²) in [7, 11) is 1.52. The molecule has 0 saturated carbocycles. The third kappa shape index (κ3) is 4.29. The molecule has 0 fully saturated rings. The number of hydrogen-bond donors (Lipinski definition) is 1. The number of carbonyl (C=O) groups is 2. The fraction of sp³-hybridized carbons (Fsp3) is 0.800. The number of carboxylic acids is 1. The molecule has 0 rings (SSSR count). The van der Waals surface area contributed by atoms with Crippen molar-refractivity contribution in [2.75, 3.05) is 13.7 Å². The fourth-order valence-electron chi connectivity index (χ4n) is 1.26. The topological polar surface area (TPSA) is 66.8 Å². The smallest absolute Gasteiger partial charge is 0.326 e. The number of carbonyl (C=O) groups excluding carboxylic acids is 1. The molecule has 1 amide bonds. The van der Waals surface area contributed by atoms with Crippen LogP contribution in [0.5, 0.6) is 0 Å². The zero-order valence-corrected chi connectivity index (χ0v) is 9.69. The molecule has 0 heterocycles. The van der Waals surface area contributed by atoms with Gasteiger partial charge in [0.1, 0.15) is 6.04 Å². The third-order valence-corrected chi connectivity index (χ3v) is 2.42. The van der Waals surface area contributed by atoms with Gasteiger partial charge in [0, 0.05) is 20.1 Å². The summed E-state index contributed by atoms with van der Waals surface area (Å²) in [5.41, 5.74) is -0.556. The van der Waals surface area contributed by atoms with Crippen molar-refractivity contribution in [3.63, 3.8) is 0 Å². The molecule has 0 aromatic rings. The van der Waals surface area contributed by atoms with Crippen LogP contribution < -0.4 is 0 Å². The van der Waals surface area contributed by atoms with E-state index in [-0.39, 0.29) is 6.42 Å². The van der Waals surface area contributed by atoms with Gasteiger partial charge >= 0.3 is 5.97 Å². The summed E-state index contributed by atoms with van der Waals surface area (Å²) in [5, 5.41) is 9.01. The molecule has 0 radical (unpaired) electrons. The number of carboxylic acid groups (broad SMARTS) is 1. The SMILES string of the molecule is CCN(C=O)C(CC(C)(C)OC)C(=O)O. The molecule has 0 spiro atoms. The highest BCUT2D eigenvalue weighted by Crippen LogP contribution is 2.18. The fourth-order valence-corrected chi connectivity index (χ4v) is 1.26. The lowest BCUT2D eigenvalue weighted by Crippen LogP contribution is -2.45. The number of hydrogen-bond acceptors (Lipinski definition) is 3. The molecule has 5 nitrogen and oxygen atoms in total. The first-order valence-electron chi connectivity index (χ1n) is 4.87. The molecule has 1 atom stereocenters. The second kappa shape index (κ2) is 5.70. The Balaban J connectivity index is 4.67. The van der Waals surface area contributed by atoms with Gasteiger partial charge < -0.3 is 14.7 Å². The largest absolute Gasteiger partial charge is 0.480 e. The van der Waals surface area contributed by atoms with Crippen LogP contribution in [-0.2, 0) is 14.3 Å². The van der Waals surface area contributed by atoms with Gasteiger partial charge in [-0.2, -0.15) is 0 Å². The molecule has 0 aliphatic rings. The van der Waals surface area contributed by atoms with Crippen LogP contribution in [0, 0.1) is 0 Å². The summed E-state index contributed by atoms with van der Waals surface area (Å²) in [6.45, 7) is 5.70. The minimum atomic E-state index is -1.01. The van der Waals surface area contributed by atoms with Crippen LogP contribution >= 0.6 is 0 Å². The molecule has 1 unspecified atom stereocenters. The van der Waals surface area contributed by atoms with E-state index in [1.165, 1.54) is 12.0 Å². The molecule has 5 heteroatoms. The second-order valence-corrected chi connectivity index (χ2v) is 3.96. The first-order valence-corrected chi connectivity index (χ1v) is 4.87. The molecule has 15 heavy (non-hydrogen) atoms. The van der Waals surface area contributed by atoms with Crippen LogP contribution in [0.3, 0.4) is 0 Å². The zero-order chi connectivity index (χ0) is 12.1. The highest BCUT2D eigenvalue weighted by molar-refractivity contribution is 5.76. The minimum absolute atomic E-state index is 0.269. The van der Waals surface area contributed by atoms with Gasteiger partial charge in [-0.15, -0.1) is 0 Å². The van der Waals surface area contributed by atoms with Gasteiger partial charge in [0.15, 0.2) is 0 Å². The average Bonchev–Trinajstić information content (AvgIpc) is 2.18. The Kier molecular flexibility index (Phi) is 5.28. The van der Waals surface area contributed by atoms with Crippen molar-refractivity contribution in [3.05, 3.63) is 0 Å². The second-order valence-electron chi connectivity index (χ2n) is 3.96. The lowest BCUT2D eigenvalue weighted by Gasteiger charge is -2.31. The number of amides is 1. The summed E-state index contributed by atoms with van der Waals surface area (Å²) in [5.74, 6) is -1.01. The van der Waals surface area contributed by atoms with Crippen LogP contribution in [0.15, 0.2) is 0 Å². The molecule has 0 aliphatic carbocycles. The summed E-state index contributed by atoms with van der Waals surface area (Å²) in [6, 6.07) is -0.831. The maximum Gasteiger partial charge on any atom is 0.326 e. The number of rotatable bonds is 7. The van der Waals surface area contributed by atoms with Crippen molar-refractivity contribution in [1.29, 1.82) is 0 Å². The van der Waals surface area contributed by atoms with Gasteiger partial charge in [0.2, 0.25) is 6.41 Å². The Morgan fingerprint density at radius 1 is 1.60 bits per heavy atom. The van der Waals surface area contributed by atoms with E-state index in [4.69, 9.17) is 9.84 Å². The highest BCUT2D eigenvalue weighted by atomic mass is 16.5. The number of ether oxygens (including phenoxy) is 1. The minimum Gasteiger partial charge on any atom is -0.480 e. The lowest BCUT2D eigenvalue weighted by atomic mass is 9.98. The molecule has 0 aromatic heterocycles. The Hall–Kier alpha value is -1.10. The standard InChI is InChI=1S/C10H19NO4/c1-5-11(7-12)8(9(13)14)6-10(2,3)15-4/h7-8H,5-6H2,1-4H3,(H,13,14). The van der Waals surface area contributed by atoms with Crippen LogP contribution in [0.4, 0.5) is 0 Å². The van der Waals surface area contributed by atoms with Gasteiger partial charge in [0.05, 0.1) is 5.60 Å². The zero-order valence-electron chi connectivity index (χ0n) is 9.69. The van der Waals surface area contributed by atoms with Crippen molar-refractivity contribution in [1.82, 2.24) is 4.90 Å². The van der Waals surface area contributed by atoms with Crippen LogP contribution in [-0.4, -0.2) is 47.7 Å². The van der Waals surface area contributed by atoms with E-state index in [1.54, 1.807) is 20.8 Å². The van der Waals surface area contributed by atoms with Crippen molar-refractivity contribution in [2.24, 2.45) is 0 Å². The quantitative estimate of drug-likeness (QED) is 0.638. The summed E-state index contributed by atoms with van der Waals surface area (Å²) < 4.78 is 5.15. The van der Waals surface area contributed by atoms with Gasteiger partial charge in [0.25, 0.3) is 0 Å². The maximum absolute atomic E-state index is 11.0.